The predicted octanol–water partition coefficient (Wildman–Crippen LogP) is 1.67. The summed E-state index contributed by atoms with van der Waals surface area (Å²) in [5.74, 6) is 0. The van der Waals surface area contributed by atoms with Gasteiger partial charge in [0.1, 0.15) is 12.2 Å². The summed E-state index contributed by atoms with van der Waals surface area (Å²) in [5.41, 5.74) is 3.01. The van der Waals surface area contributed by atoms with Crippen molar-refractivity contribution in [2.24, 2.45) is 0 Å². The lowest BCUT2D eigenvalue weighted by Gasteiger charge is -2.24. The Morgan fingerprint density at radius 1 is 1.29 bits per heavy atom. The highest BCUT2D eigenvalue weighted by molar-refractivity contribution is 5.60. The molecule has 0 radical (unpaired) electrons. The van der Waals surface area contributed by atoms with E-state index in [1.165, 1.54) is 0 Å². The molecule has 0 fully saturated rings. The molecule has 0 spiro atoms. The van der Waals surface area contributed by atoms with Crippen LogP contribution in [0.3, 0.4) is 0 Å². The van der Waals surface area contributed by atoms with Gasteiger partial charge in [-0.3, -0.25) is 0 Å². The Balaban J connectivity index is 2.57. The zero-order chi connectivity index (χ0) is 10.1. The van der Waals surface area contributed by atoms with Crippen LogP contribution in [0.15, 0.2) is 24.3 Å². The molecule has 2 N–H and O–H groups in total. The first-order valence-electron chi connectivity index (χ1n) is 4.90. The summed E-state index contributed by atoms with van der Waals surface area (Å²) in [6.45, 7) is 2.05. The van der Waals surface area contributed by atoms with Crippen molar-refractivity contribution in [3.05, 3.63) is 41.0 Å². The second-order valence-electron chi connectivity index (χ2n) is 3.57. The van der Waals surface area contributed by atoms with Crippen LogP contribution in [0.2, 0.25) is 0 Å². The Bertz CT molecular complexity index is 369. The van der Waals surface area contributed by atoms with Crippen LogP contribution in [0, 0.1) is 0 Å². The highest BCUT2D eigenvalue weighted by Crippen LogP contribution is 2.31. The second kappa shape index (κ2) is 3.56. The van der Waals surface area contributed by atoms with E-state index >= 15 is 0 Å². The molecule has 0 bridgehead atoms. The van der Waals surface area contributed by atoms with Crippen molar-refractivity contribution in [2.75, 3.05) is 0 Å². The van der Waals surface area contributed by atoms with Crippen LogP contribution in [0.1, 0.15) is 29.7 Å². The van der Waals surface area contributed by atoms with Crippen molar-refractivity contribution in [3.63, 3.8) is 0 Å². The van der Waals surface area contributed by atoms with Crippen molar-refractivity contribution >= 4 is 6.08 Å². The fraction of sp³-hybridized carbons (Fsp3) is 0.333. The summed E-state index contributed by atoms with van der Waals surface area (Å²) in [6.07, 6.45) is 2.83. The standard InChI is InChI=1S/C12H14O2/c1-2-8-4-3-5-9-6-7-10(13)12(14)11(8)9/h3-7,10,12-14H,2H2,1H3/t10-,12-/m0/s1. The summed E-state index contributed by atoms with van der Waals surface area (Å²) in [4.78, 5) is 0. The number of hydrogen-bond donors (Lipinski definition) is 2. The molecule has 1 aromatic carbocycles. The van der Waals surface area contributed by atoms with Gasteiger partial charge in [-0.25, -0.2) is 0 Å². The molecule has 0 saturated heterocycles. The number of hydrogen-bond acceptors (Lipinski definition) is 2. The summed E-state index contributed by atoms with van der Waals surface area (Å²) >= 11 is 0. The van der Waals surface area contributed by atoms with Gasteiger partial charge >= 0.3 is 0 Å². The third-order valence-electron chi connectivity index (χ3n) is 2.70. The SMILES string of the molecule is CCc1cccc2c1[C@@H](O)[C@@H](O)C=C2. The number of aliphatic hydroxyl groups excluding tert-OH is 2. The van der Waals surface area contributed by atoms with E-state index in [4.69, 9.17) is 0 Å². The number of benzene rings is 1. The molecule has 1 aliphatic rings. The Hall–Kier alpha value is -1.12. The minimum atomic E-state index is -0.772. The first-order chi connectivity index (χ1) is 6.74. The first-order valence-corrected chi connectivity index (χ1v) is 4.90. The summed E-state index contributed by atoms with van der Waals surface area (Å²) in [6, 6.07) is 5.93. The molecule has 1 aromatic rings. The van der Waals surface area contributed by atoms with Gasteiger partial charge in [-0.05, 0) is 23.1 Å². The van der Waals surface area contributed by atoms with Gasteiger partial charge in [0.15, 0.2) is 0 Å². The summed E-state index contributed by atoms with van der Waals surface area (Å²) in [7, 11) is 0. The van der Waals surface area contributed by atoms with E-state index in [9.17, 15) is 10.2 Å². The second-order valence-corrected chi connectivity index (χ2v) is 3.57. The van der Waals surface area contributed by atoms with Gasteiger partial charge in [0.2, 0.25) is 0 Å². The quantitative estimate of drug-likeness (QED) is 0.707. The van der Waals surface area contributed by atoms with Crippen LogP contribution in [-0.2, 0) is 6.42 Å². The van der Waals surface area contributed by atoms with Crippen LogP contribution >= 0.6 is 0 Å². The van der Waals surface area contributed by atoms with Gasteiger partial charge in [0.05, 0.1) is 0 Å². The zero-order valence-electron chi connectivity index (χ0n) is 8.14. The maximum Gasteiger partial charge on any atom is 0.109 e. The largest absolute Gasteiger partial charge is 0.386 e. The predicted molar refractivity (Wildman–Crippen MR) is 55.8 cm³/mol. The van der Waals surface area contributed by atoms with Crippen LogP contribution in [-0.4, -0.2) is 16.3 Å². The lowest BCUT2D eigenvalue weighted by atomic mass is 9.88. The minimum Gasteiger partial charge on any atom is -0.386 e. The van der Waals surface area contributed by atoms with Gasteiger partial charge in [-0.15, -0.1) is 0 Å². The Kier molecular flexibility index (Phi) is 2.40. The maximum absolute atomic E-state index is 9.84. The normalized spacial score (nSPS) is 24.8. The third-order valence-corrected chi connectivity index (χ3v) is 2.70. The highest BCUT2D eigenvalue weighted by Gasteiger charge is 2.23. The van der Waals surface area contributed by atoms with Crippen LogP contribution in [0.4, 0.5) is 0 Å². The molecule has 0 aromatic heterocycles. The number of aryl methyl sites for hydroxylation is 1. The molecule has 0 saturated carbocycles. The van der Waals surface area contributed by atoms with E-state index < -0.39 is 12.2 Å². The maximum atomic E-state index is 9.84. The number of rotatable bonds is 1. The summed E-state index contributed by atoms with van der Waals surface area (Å²) in [5, 5.41) is 19.3. The van der Waals surface area contributed by atoms with E-state index in [0.29, 0.717) is 0 Å². The van der Waals surface area contributed by atoms with Crippen molar-refractivity contribution in [3.8, 4) is 0 Å². The fourth-order valence-corrected chi connectivity index (χ4v) is 1.93. The van der Waals surface area contributed by atoms with Crippen molar-refractivity contribution in [2.45, 2.75) is 25.6 Å². The Morgan fingerprint density at radius 3 is 2.79 bits per heavy atom. The average molecular weight is 190 g/mol. The average Bonchev–Trinajstić information content (AvgIpc) is 2.23. The first kappa shape index (κ1) is 9.44. The topological polar surface area (TPSA) is 40.5 Å². The van der Waals surface area contributed by atoms with Crippen molar-refractivity contribution in [1.82, 2.24) is 0 Å². The van der Waals surface area contributed by atoms with E-state index in [0.717, 1.165) is 23.1 Å². The van der Waals surface area contributed by atoms with Crippen molar-refractivity contribution in [1.29, 1.82) is 0 Å². The molecular formula is C12H14O2. The van der Waals surface area contributed by atoms with Crippen LogP contribution in [0.5, 0.6) is 0 Å². The molecule has 2 heteroatoms. The molecule has 0 amide bonds. The Labute approximate surface area is 83.5 Å². The van der Waals surface area contributed by atoms with Crippen LogP contribution in [0.25, 0.3) is 6.08 Å². The van der Waals surface area contributed by atoms with Crippen LogP contribution < -0.4 is 0 Å². The van der Waals surface area contributed by atoms with Gasteiger partial charge in [-0.2, -0.15) is 0 Å². The van der Waals surface area contributed by atoms with Gasteiger partial charge < -0.3 is 10.2 Å². The highest BCUT2D eigenvalue weighted by atomic mass is 16.3. The fourth-order valence-electron chi connectivity index (χ4n) is 1.93. The van der Waals surface area contributed by atoms with Gasteiger partial charge in [-0.1, -0.05) is 37.3 Å². The summed E-state index contributed by atoms with van der Waals surface area (Å²) < 4.78 is 0. The molecule has 0 aliphatic heterocycles. The van der Waals surface area contributed by atoms with E-state index in [2.05, 4.69) is 0 Å². The third kappa shape index (κ3) is 1.37. The van der Waals surface area contributed by atoms with E-state index in [1.54, 1.807) is 6.08 Å². The molecule has 0 unspecified atom stereocenters. The van der Waals surface area contributed by atoms with Crippen molar-refractivity contribution < 1.29 is 10.2 Å². The lowest BCUT2D eigenvalue weighted by Crippen LogP contribution is -2.20. The van der Waals surface area contributed by atoms with Gasteiger partial charge in [0, 0.05) is 0 Å². The molecule has 2 rings (SSSR count). The molecule has 74 valence electrons. The van der Waals surface area contributed by atoms with E-state index in [1.807, 2.05) is 31.2 Å². The molecule has 2 nitrogen and oxygen atoms in total. The zero-order valence-corrected chi connectivity index (χ0v) is 8.14. The Morgan fingerprint density at radius 2 is 2.07 bits per heavy atom. The molecule has 1 aliphatic carbocycles. The molecule has 2 atom stereocenters. The minimum absolute atomic E-state index is 0.768. The molecule has 14 heavy (non-hydrogen) atoms. The lowest BCUT2D eigenvalue weighted by molar-refractivity contribution is 0.0464. The van der Waals surface area contributed by atoms with Gasteiger partial charge in [0.25, 0.3) is 0 Å². The van der Waals surface area contributed by atoms with E-state index in [-0.39, 0.29) is 0 Å². The monoisotopic (exact) mass is 190 g/mol. The molecular weight excluding hydrogens is 176 g/mol. The molecule has 0 heterocycles. The number of aliphatic hydroxyl groups is 2. The smallest absolute Gasteiger partial charge is 0.109 e. The number of fused-ring (bicyclic) bond motifs is 1.